The molecule has 0 bridgehead atoms. The summed E-state index contributed by atoms with van der Waals surface area (Å²) in [5.41, 5.74) is 3.97. The molecule has 0 aliphatic carbocycles. The van der Waals surface area contributed by atoms with E-state index in [9.17, 15) is 0 Å². The van der Waals surface area contributed by atoms with Gasteiger partial charge in [-0.3, -0.25) is 0 Å². The zero-order chi connectivity index (χ0) is 36.8. The Morgan fingerprint density at radius 2 is 0.741 bits per heavy atom. The largest absolute Gasteiger partial charge is 2.00 e. The number of hydrogen-bond donors (Lipinski definition) is 0. The van der Waals surface area contributed by atoms with E-state index >= 15 is 0 Å². The van der Waals surface area contributed by atoms with Crippen molar-refractivity contribution in [3.8, 4) is 22.5 Å². The number of benzene rings is 6. The summed E-state index contributed by atoms with van der Waals surface area (Å²) in [5.74, 6) is 0. The van der Waals surface area contributed by atoms with Crippen molar-refractivity contribution in [1.29, 1.82) is 0 Å². The van der Waals surface area contributed by atoms with Gasteiger partial charge in [0.2, 0.25) is 0 Å². The molecule has 0 spiro atoms. The minimum absolute atomic E-state index is 0. The molecule has 0 radical (unpaired) electrons. The maximum absolute atomic E-state index is 5.20. The Kier molecular flexibility index (Phi) is 10.5. The molecule has 2 heterocycles. The van der Waals surface area contributed by atoms with Crippen LogP contribution in [0, 0.1) is 12.1 Å². The SMILES string of the molecule is C[Si](C)(C)c1cnc(-c2[c-]c([Si](c3[c-]c(-c4ncc([Si](C)(C)C)c5ccccc45)ccc3)(c3ccccc3)c3ccccc3)ccc2)c2ccccc12.[Pt+2]. The van der Waals surface area contributed by atoms with E-state index < -0.39 is 24.2 Å². The first kappa shape index (κ1) is 37.8. The number of fused-ring (bicyclic) bond motifs is 2. The molecule has 6 aromatic carbocycles. The van der Waals surface area contributed by atoms with Crippen LogP contribution in [0.4, 0.5) is 0 Å². The van der Waals surface area contributed by atoms with E-state index in [4.69, 9.17) is 9.97 Å². The minimum Gasteiger partial charge on any atom is -0.304 e. The van der Waals surface area contributed by atoms with Crippen LogP contribution in [0.1, 0.15) is 0 Å². The Labute approximate surface area is 337 Å². The van der Waals surface area contributed by atoms with Crippen LogP contribution in [0.15, 0.2) is 158 Å². The van der Waals surface area contributed by atoms with Crippen LogP contribution in [-0.2, 0) is 21.1 Å². The maximum Gasteiger partial charge on any atom is 2.00 e. The normalized spacial score (nSPS) is 12.1. The molecule has 6 heteroatoms. The molecule has 0 N–H and O–H groups in total. The first-order valence-corrected chi connectivity index (χ1v) is 27.5. The molecule has 8 rings (SSSR count). The molecule has 0 saturated carbocycles. The quantitative estimate of drug-likeness (QED) is 0.0874. The molecular formula is C48H44N2PtSi3. The van der Waals surface area contributed by atoms with Crippen molar-refractivity contribution in [1.82, 2.24) is 9.97 Å². The van der Waals surface area contributed by atoms with E-state index in [1.54, 1.807) is 0 Å². The molecule has 0 unspecified atom stereocenters. The number of aromatic nitrogens is 2. The van der Waals surface area contributed by atoms with Gasteiger partial charge in [0, 0.05) is 12.4 Å². The zero-order valence-electron chi connectivity index (χ0n) is 31.7. The number of pyridine rings is 2. The molecule has 8 aromatic rings. The van der Waals surface area contributed by atoms with Gasteiger partial charge in [-0.05, 0) is 53.7 Å². The molecule has 268 valence electrons. The Bertz CT molecular complexity index is 2410. The van der Waals surface area contributed by atoms with Gasteiger partial charge in [-0.1, -0.05) is 148 Å². The average molecular weight is 928 g/mol. The van der Waals surface area contributed by atoms with Gasteiger partial charge in [0.05, 0.1) is 16.1 Å². The molecule has 0 amide bonds. The molecule has 54 heavy (non-hydrogen) atoms. The predicted molar refractivity (Wildman–Crippen MR) is 235 cm³/mol. The molecule has 0 saturated heterocycles. The van der Waals surface area contributed by atoms with E-state index in [1.165, 1.54) is 52.7 Å². The van der Waals surface area contributed by atoms with E-state index in [1.807, 2.05) is 0 Å². The first-order chi connectivity index (χ1) is 25.6. The first-order valence-electron chi connectivity index (χ1n) is 18.5. The zero-order valence-corrected chi connectivity index (χ0v) is 37.0. The van der Waals surface area contributed by atoms with Gasteiger partial charge in [0.25, 0.3) is 0 Å². The Balaban J connectivity index is 0.00000450. The van der Waals surface area contributed by atoms with Crippen LogP contribution in [0.2, 0.25) is 39.3 Å². The van der Waals surface area contributed by atoms with Crippen LogP contribution < -0.4 is 31.1 Å². The van der Waals surface area contributed by atoms with Crippen molar-refractivity contribution in [2.45, 2.75) is 39.3 Å². The van der Waals surface area contributed by atoms with Crippen LogP contribution in [0.25, 0.3) is 44.1 Å². The summed E-state index contributed by atoms with van der Waals surface area (Å²) in [4.78, 5) is 10.4. The van der Waals surface area contributed by atoms with Gasteiger partial charge in [-0.15, -0.1) is 70.0 Å². The number of nitrogens with zero attached hydrogens (tertiary/aromatic N) is 2. The van der Waals surface area contributed by atoms with E-state index in [-0.39, 0.29) is 21.1 Å². The van der Waals surface area contributed by atoms with Gasteiger partial charge in [0.1, 0.15) is 8.07 Å². The van der Waals surface area contributed by atoms with Crippen LogP contribution >= 0.6 is 0 Å². The summed E-state index contributed by atoms with van der Waals surface area (Å²) in [6, 6.07) is 61.0. The smallest absolute Gasteiger partial charge is 0.304 e. The van der Waals surface area contributed by atoms with Gasteiger partial charge in [0.15, 0.2) is 0 Å². The standard InChI is InChI=1S/C48H44N2Si3.Pt/c1-51(2,3)45-33-49-47(43-29-15-13-27-41(43)45)35-19-17-25-39(31-35)53(37-21-9-7-10-22-37,38-23-11-8-12-24-38)40-26-18-20-36(32-40)48-44-30-16-14-28-42(44)46(34-50-48)52(4,5)6;/h7-30,33-34H,1-6H3;/q-2;+2. The Morgan fingerprint density at radius 3 is 1.11 bits per heavy atom. The third-order valence-corrected chi connectivity index (χ3v) is 19.2. The van der Waals surface area contributed by atoms with Crippen molar-refractivity contribution in [2.75, 3.05) is 0 Å². The second-order valence-corrected chi connectivity index (χ2v) is 29.9. The predicted octanol–water partition coefficient (Wildman–Crippen LogP) is 8.18. The second-order valence-electron chi connectivity index (χ2n) is 16.1. The minimum atomic E-state index is -3.00. The summed E-state index contributed by atoms with van der Waals surface area (Å²) in [6.45, 7) is 14.4. The van der Waals surface area contributed by atoms with Gasteiger partial charge in [-0.25, -0.2) is 0 Å². The van der Waals surface area contributed by atoms with Crippen molar-refractivity contribution >= 4 is 76.9 Å². The fourth-order valence-corrected chi connectivity index (χ4v) is 15.5. The molecule has 2 nitrogen and oxygen atoms in total. The summed E-state index contributed by atoms with van der Waals surface area (Å²) in [6.07, 6.45) is 4.26. The summed E-state index contributed by atoms with van der Waals surface area (Å²) >= 11 is 0. The van der Waals surface area contributed by atoms with Gasteiger partial charge in [-0.2, -0.15) is 0 Å². The van der Waals surface area contributed by atoms with Gasteiger partial charge < -0.3 is 9.97 Å². The van der Waals surface area contributed by atoms with Crippen molar-refractivity contribution < 1.29 is 21.1 Å². The molecule has 2 aromatic heterocycles. The van der Waals surface area contributed by atoms with Crippen molar-refractivity contribution in [3.63, 3.8) is 0 Å². The van der Waals surface area contributed by atoms with E-state index in [0.29, 0.717) is 0 Å². The van der Waals surface area contributed by atoms with E-state index in [2.05, 4.69) is 209 Å². The average Bonchev–Trinajstić information content (AvgIpc) is 3.18. The number of rotatable bonds is 8. The Morgan fingerprint density at radius 1 is 0.389 bits per heavy atom. The third-order valence-electron chi connectivity index (χ3n) is 10.5. The monoisotopic (exact) mass is 927 g/mol. The van der Waals surface area contributed by atoms with E-state index in [0.717, 1.165) is 22.5 Å². The topological polar surface area (TPSA) is 25.8 Å². The number of hydrogen-bond acceptors (Lipinski definition) is 2. The summed E-state index contributed by atoms with van der Waals surface area (Å²) in [7, 11) is -6.26. The van der Waals surface area contributed by atoms with Crippen molar-refractivity contribution in [2.24, 2.45) is 0 Å². The maximum atomic E-state index is 5.20. The van der Waals surface area contributed by atoms with Crippen LogP contribution in [0.5, 0.6) is 0 Å². The molecule has 0 aliphatic rings. The Hall–Kier alpha value is -4.52. The third kappa shape index (κ3) is 6.73. The van der Waals surface area contributed by atoms with Crippen LogP contribution in [0.3, 0.4) is 0 Å². The molecule has 0 fully saturated rings. The molecular weight excluding hydrogens is 884 g/mol. The fourth-order valence-electron chi connectivity index (χ4n) is 7.97. The van der Waals surface area contributed by atoms with Crippen LogP contribution in [-0.4, -0.2) is 34.2 Å². The summed E-state index contributed by atoms with van der Waals surface area (Å²) in [5, 5.41) is 12.6. The second kappa shape index (κ2) is 15.0. The molecule has 0 atom stereocenters. The molecule has 0 aliphatic heterocycles. The fraction of sp³-hybridized carbons (Fsp3) is 0.125. The van der Waals surface area contributed by atoms with Gasteiger partial charge >= 0.3 is 21.1 Å². The van der Waals surface area contributed by atoms with Crippen molar-refractivity contribution in [3.05, 3.63) is 170 Å². The summed E-state index contributed by atoms with van der Waals surface area (Å²) < 4.78 is 0.